The zero-order valence-electron chi connectivity index (χ0n) is 10.4. The molecule has 8 N–H and O–H groups in total. The summed E-state index contributed by atoms with van der Waals surface area (Å²) in [4.78, 5) is 28.5. The van der Waals surface area contributed by atoms with Gasteiger partial charge in [0.2, 0.25) is 0 Å². The van der Waals surface area contributed by atoms with Crippen LogP contribution < -0.4 is 0 Å². The van der Waals surface area contributed by atoms with Crippen molar-refractivity contribution in [2.24, 2.45) is 5.41 Å². The predicted molar refractivity (Wildman–Crippen MR) is 64.1 cm³/mol. The lowest BCUT2D eigenvalue weighted by Gasteiger charge is -2.38. The maximum absolute atomic E-state index is 9.45. The van der Waals surface area contributed by atoms with Crippen molar-refractivity contribution < 1.29 is 49.1 Å². The minimum Gasteiger partial charge on any atom is -0.395 e. The van der Waals surface area contributed by atoms with Crippen molar-refractivity contribution in [3.63, 3.8) is 0 Å². The van der Waals surface area contributed by atoms with E-state index in [1.165, 1.54) is 13.8 Å². The molecule has 116 valence electrons. The maximum atomic E-state index is 9.45. The van der Waals surface area contributed by atoms with E-state index in [-0.39, 0.29) is 0 Å². The highest BCUT2D eigenvalue weighted by molar-refractivity contribution is 7.31. The van der Waals surface area contributed by atoms with Gasteiger partial charge in [0, 0.05) is 9.13 Å². The molecule has 12 heteroatoms. The monoisotopic (exact) mass is 326 g/mol. The molecule has 0 rings (SSSR count). The standard InChI is InChI=1S/C7H16O4.2HO3P/c1-6(2,11)7(3-8,4-9)5-10;2*1-4(2)3/h8-11H,3-5H2,1-2H3;2*(H-,1,2,3)/p+2. The molecule has 0 aromatic heterocycles. The van der Waals surface area contributed by atoms with Gasteiger partial charge in [0.15, 0.2) is 0 Å². The highest BCUT2D eigenvalue weighted by atomic mass is 31.1. The second-order valence-corrected chi connectivity index (χ2v) is 4.83. The third kappa shape index (κ3) is 14.1. The van der Waals surface area contributed by atoms with Crippen LogP contribution in [0.15, 0.2) is 0 Å². The molecule has 10 nitrogen and oxygen atoms in total. The van der Waals surface area contributed by atoms with Gasteiger partial charge in [-0.05, 0) is 13.8 Å². The van der Waals surface area contributed by atoms with Crippen molar-refractivity contribution in [2.45, 2.75) is 19.4 Å². The van der Waals surface area contributed by atoms with Crippen molar-refractivity contribution in [2.75, 3.05) is 19.8 Å². The number of aliphatic hydroxyl groups is 4. The van der Waals surface area contributed by atoms with Gasteiger partial charge in [0.1, 0.15) is 0 Å². The molecule has 0 aromatic rings. The van der Waals surface area contributed by atoms with Crippen LogP contribution in [0.2, 0.25) is 0 Å². The Labute approximate surface area is 111 Å². The Morgan fingerprint density at radius 1 is 0.789 bits per heavy atom. The second-order valence-electron chi connectivity index (χ2n) is 3.82. The minimum absolute atomic E-state index is 0.441. The van der Waals surface area contributed by atoms with Gasteiger partial charge in [-0.1, -0.05) is 0 Å². The van der Waals surface area contributed by atoms with Crippen molar-refractivity contribution in [3.8, 4) is 0 Å². The first-order valence-corrected chi connectivity index (χ1v) is 6.98. The summed E-state index contributed by atoms with van der Waals surface area (Å²) in [5.41, 5.74) is -2.50. The summed E-state index contributed by atoms with van der Waals surface area (Å²) in [6.45, 7) is 1.56. The molecule has 0 saturated heterocycles. The highest BCUT2D eigenvalue weighted by Gasteiger charge is 2.42. The van der Waals surface area contributed by atoms with Crippen molar-refractivity contribution >= 4 is 16.5 Å². The summed E-state index contributed by atoms with van der Waals surface area (Å²) < 4.78 is 17.4. The second kappa shape index (κ2) is 11.7. The van der Waals surface area contributed by atoms with Gasteiger partial charge < -0.3 is 20.4 Å². The van der Waals surface area contributed by atoms with E-state index in [0.29, 0.717) is 0 Å². The fraction of sp³-hybridized carbons (Fsp3) is 1.00. The van der Waals surface area contributed by atoms with E-state index < -0.39 is 47.3 Å². The molecule has 0 fully saturated rings. The summed E-state index contributed by atoms with van der Waals surface area (Å²) in [5.74, 6) is 0. The molecule has 0 aliphatic rings. The van der Waals surface area contributed by atoms with Gasteiger partial charge in [-0.3, -0.25) is 0 Å². The molecule has 0 atom stereocenters. The van der Waals surface area contributed by atoms with Crippen LogP contribution in [-0.4, -0.2) is 65.4 Å². The Morgan fingerprint density at radius 2 is 0.947 bits per heavy atom. The van der Waals surface area contributed by atoms with Crippen molar-refractivity contribution in [1.29, 1.82) is 0 Å². The third-order valence-electron chi connectivity index (χ3n) is 2.21. The number of hydrogen-bond donors (Lipinski definition) is 8. The molecule has 0 aromatic carbocycles. The normalized spacial score (nSPS) is 10.6. The maximum Gasteiger partial charge on any atom is 0.692 e. The van der Waals surface area contributed by atoms with Gasteiger partial charge in [-0.25, -0.2) is 0 Å². The van der Waals surface area contributed by atoms with Gasteiger partial charge in [-0.2, -0.15) is 0 Å². The Hall–Kier alpha value is -0.120. The van der Waals surface area contributed by atoms with E-state index >= 15 is 0 Å². The lowest BCUT2D eigenvalue weighted by molar-refractivity contribution is -0.133. The fourth-order valence-electron chi connectivity index (χ4n) is 0.730. The predicted octanol–water partition coefficient (Wildman–Crippen LogP) is -2.02. The molecule has 0 bridgehead atoms. The summed E-state index contributed by atoms with van der Waals surface area (Å²) >= 11 is 0. The quantitative estimate of drug-likeness (QED) is 0.267. The van der Waals surface area contributed by atoms with E-state index in [1.807, 2.05) is 0 Å². The van der Waals surface area contributed by atoms with Crippen LogP contribution >= 0.6 is 16.5 Å². The first-order valence-electron chi connectivity index (χ1n) is 4.65. The summed E-state index contributed by atoms with van der Waals surface area (Å²) in [5, 5.41) is 35.9. The SMILES string of the molecule is CC(C)(O)C(CO)(CO)CO.O=[P+](O)O.O=[P+](O)O. The fourth-order valence-corrected chi connectivity index (χ4v) is 0.730. The van der Waals surface area contributed by atoms with Gasteiger partial charge in [0.05, 0.1) is 30.8 Å². The molecule has 0 aliphatic carbocycles. The van der Waals surface area contributed by atoms with E-state index in [9.17, 15) is 5.11 Å². The average Bonchev–Trinajstić information content (AvgIpc) is 2.17. The molecular weight excluding hydrogens is 306 g/mol. The zero-order chi connectivity index (χ0) is 16.3. The first kappa shape index (κ1) is 23.9. The molecule has 0 unspecified atom stereocenters. The molecule has 0 radical (unpaired) electrons. The summed E-state index contributed by atoms with van der Waals surface area (Å²) in [6.07, 6.45) is 0. The Kier molecular flexibility index (Phi) is 14.7. The molecule has 0 heterocycles. The van der Waals surface area contributed by atoms with Crippen LogP contribution in [0.3, 0.4) is 0 Å². The molecule has 0 amide bonds. The Balaban J connectivity index is -0.000000264. The molecule has 0 saturated carbocycles. The van der Waals surface area contributed by atoms with Crippen LogP contribution in [0.5, 0.6) is 0 Å². The molecule has 0 spiro atoms. The van der Waals surface area contributed by atoms with Crippen LogP contribution in [0.1, 0.15) is 13.8 Å². The summed E-state index contributed by atoms with van der Waals surface area (Å²) in [7, 11) is -5.74. The van der Waals surface area contributed by atoms with E-state index in [2.05, 4.69) is 0 Å². The van der Waals surface area contributed by atoms with Crippen LogP contribution in [0.25, 0.3) is 0 Å². The Bertz CT molecular complexity index is 231. The molecule has 19 heavy (non-hydrogen) atoms. The van der Waals surface area contributed by atoms with Crippen LogP contribution in [0.4, 0.5) is 0 Å². The first-order chi connectivity index (χ1) is 8.40. The minimum atomic E-state index is -2.87. The summed E-state index contributed by atoms with van der Waals surface area (Å²) in [6, 6.07) is 0. The van der Waals surface area contributed by atoms with E-state index in [0.717, 1.165) is 0 Å². The van der Waals surface area contributed by atoms with Gasteiger partial charge >= 0.3 is 16.5 Å². The highest BCUT2D eigenvalue weighted by Crippen LogP contribution is 2.29. The lowest BCUT2D eigenvalue weighted by atomic mass is 9.76. The molecule has 0 aliphatic heterocycles. The van der Waals surface area contributed by atoms with E-state index in [1.54, 1.807) is 0 Å². The van der Waals surface area contributed by atoms with Gasteiger partial charge in [0.25, 0.3) is 0 Å². The number of aliphatic hydroxyl groups excluding tert-OH is 3. The number of hydrogen-bond acceptors (Lipinski definition) is 6. The lowest BCUT2D eigenvalue weighted by Crippen LogP contribution is -2.51. The third-order valence-corrected chi connectivity index (χ3v) is 2.21. The average molecular weight is 326 g/mol. The van der Waals surface area contributed by atoms with Crippen LogP contribution in [-0.2, 0) is 9.13 Å². The van der Waals surface area contributed by atoms with Gasteiger partial charge in [-0.15, -0.1) is 19.6 Å². The smallest absolute Gasteiger partial charge is 0.395 e. The Morgan fingerprint density at radius 3 is 0.947 bits per heavy atom. The van der Waals surface area contributed by atoms with Crippen molar-refractivity contribution in [1.82, 2.24) is 0 Å². The topological polar surface area (TPSA) is 196 Å². The van der Waals surface area contributed by atoms with E-state index in [4.69, 9.17) is 44.0 Å². The largest absolute Gasteiger partial charge is 0.692 e. The van der Waals surface area contributed by atoms with Crippen LogP contribution in [0, 0.1) is 5.41 Å². The number of rotatable bonds is 4. The van der Waals surface area contributed by atoms with Crippen molar-refractivity contribution in [3.05, 3.63) is 0 Å². The zero-order valence-corrected chi connectivity index (χ0v) is 12.2. The molecular formula is C7H20O10P2+2.